The molecule has 0 aliphatic heterocycles. The molecule has 128 valence electrons. The van der Waals surface area contributed by atoms with E-state index in [2.05, 4.69) is 4.98 Å². The van der Waals surface area contributed by atoms with Crippen LogP contribution in [-0.4, -0.2) is 33.8 Å². The van der Waals surface area contributed by atoms with Gasteiger partial charge in [0.15, 0.2) is 0 Å². The van der Waals surface area contributed by atoms with Gasteiger partial charge in [0.2, 0.25) is 5.76 Å². The Balaban J connectivity index is 2.25. The third kappa shape index (κ3) is 2.96. The largest absolute Gasteiger partial charge is 0.457 e. The summed E-state index contributed by atoms with van der Waals surface area (Å²) in [4.78, 5) is 29.5. The Morgan fingerprint density at radius 1 is 1.24 bits per heavy atom. The van der Waals surface area contributed by atoms with Crippen molar-refractivity contribution in [3.63, 3.8) is 0 Å². The first kappa shape index (κ1) is 16.6. The highest BCUT2D eigenvalue weighted by Gasteiger charge is 2.24. The summed E-state index contributed by atoms with van der Waals surface area (Å²) < 4.78 is 5.37. The minimum Gasteiger partial charge on any atom is -0.457 e. The number of pyridine rings is 1. The van der Waals surface area contributed by atoms with Crippen molar-refractivity contribution < 1.29 is 14.1 Å². The number of nitrogens with zero attached hydrogens (tertiary/aromatic N) is 3. The van der Waals surface area contributed by atoms with E-state index in [1.165, 1.54) is 12.3 Å². The SMILES string of the molecule is CCN(CC)C(=O)c1cc(-c2occc2[N+](=O)[O-])c2ccccc2n1. The predicted molar refractivity (Wildman–Crippen MR) is 93.4 cm³/mol. The molecule has 2 heterocycles. The highest BCUT2D eigenvalue weighted by molar-refractivity contribution is 6.01. The molecule has 2 aromatic heterocycles. The zero-order valence-electron chi connectivity index (χ0n) is 13.9. The van der Waals surface area contributed by atoms with E-state index in [0.717, 1.165) is 0 Å². The number of hydrogen-bond donors (Lipinski definition) is 0. The maximum Gasteiger partial charge on any atom is 0.315 e. The van der Waals surface area contributed by atoms with Crippen LogP contribution in [0.25, 0.3) is 22.2 Å². The second kappa shape index (κ2) is 6.72. The number of aromatic nitrogens is 1. The minimum atomic E-state index is -0.500. The van der Waals surface area contributed by atoms with Crippen molar-refractivity contribution in [2.24, 2.45) is 0 Å². The number of benzene rings is 1. The summed E-state index contributed by atoms with van der Waals surface area (Å²) in [6.07, 6.45) is 1.27. The van der Waals surface area contributed by atoms with Crippen molar-refractivity contribution in [2.75, 3.05) is 13.1 Å². The standard InChI is InChI=1S/C18H17N3O4/c1-3-20(4-2)18(22)15-11-13(12-7-5-6-8-14(12)19-15)17-16(21(23)24)9-10-25-17/h5-11H,3-4H2,1-2H3. The number of nitro groups is 1. The molecule has 25 heavy (non-hydrogen) atoms. The van der Waals surface area contributed by atoms with Crippen LogP contribution in [0.4, 0.5) is 5.69 Å². The normalized spacial score (nSPS) is 10.8. The fourth-order valence-corrected chi connectivity index (χ4v) is 2.79. The Bertz CT molecular complexity index is 944. The van der Waals surface area contributed by atoms with E-state index in [-0.39, 0.29) is 23.0 Å². The van der Waals surface area contributed by atoms with Gasteiger partial charge in [0.05, 0.1) is 22.8 Å². The number of carbonyl (C=O) groups excluding carboxylic acids is 1. The van der Waals surface area contributed by atoms with Gasteiger partial charge in [-0.05, 0) is 26.0 Å². The second-order valence-corrected chi connectivity index (χ2v) is 5.44. The van der Waals surface area contributed by atoms with Gasteiger partial charge in [-0.2, -0.15) is 0 Å². The lowest BCUT2D eigenvalue weighted by molar-refractivity contribution is -0.384. The average Bonchev–Trinajstić information content (AvgIpc) is 3.11. The molecule has 0 unspecified atom stereocenters. The number of fused-ring (bicyclic) bond motifs is 1. The van der Waals surface area contributed by atoms with Gasteiger partial charge < -0.3 is 9.32 Å². The first-order valence-corrected chi connectivity index (χ1v) is 7.98. The second-order valence-electron chi connectivity index (χ2n) is 5.44. The molecule has 3 rings (SSSR count). The Hall–Kier alpha value is -3.22. The molecular weight excluding hydrogens is 322 g/mol. The Morgan fingerprint density at radius 2 is 1.96 bits per heavy atom. The zero-order chi connectivity index (χ0) is 18.0. The van der Waals surface area contributed by atoms with E-state index in [1.54, 1.807) is 29.2 Å². The molecule has 1 amide bonds. The molecule has 0 bridgehead atoms. The van der Waals surface area contributed by atoms with Gasteiger partial charge in [-0.15, -0.1) is 0 Å². The van der Waals surface area contributed by atoms with Crippen LogP contribution in [-0.2, 0) is 0 Å². The van der Waals surface area contributed by atoms with Crippen LogP contribution in [0, 0.1) is 10.1 Å². The quantitative estimate of drug-likeness (QED) is 0.520. The lowest BCUT2D eigenvalue weighted by Gasteiger charge is -2.18. The summed E-state index contributed by atoms with van der Waals surface area (Å²) in [5, 5.41) is 12.0. The molecule has 0 aliphatic rings. The fourth-order valence-electron chi connectivity index (χ4n) is 2.79. The monoisotopic (exact) mass is 339 g/mol. The van der Waals surface area contributed by atoms with E-state index in [4.69, 9.17) is 4.42 Å². The maximum absolute atomic E-state index is 12.7. The van der Waals surface area contributed by atoms with Gasteiger partial charge in [0.25, 0.3) is 5.91 Å². The number of para-hydroxylation sites is 1. The summed E-state index contributed by atoms with van der Waals surface area (Å²) in [5.74, 6) is -0.0941. The van der Waals surface area contributed by atoms with Gasteiger partial charge >= 0.3 is 5.69 Å². The summed E-state index contributed by atoms with van der Waals surface area (Å²) in [7, 11) is 0. The molecule has 0 aliphatic carbocycles. The molecule has 0 N–H and O–H groups in total. The third-order valence-electron chi connectivity index (χ3n) is 4.07. The topological polar surface area (TPSA) is 89.5 Å². The molecule has 3 aromatic rings. The van der Waals surface area contributed by atoms with Gasteiger partial charge in [-0.3, -0.25) is 14.9 Å². The molecule has 0 spiro atoms. The van der Waals surface area contributed by atoms with Gasteiger partial charge in [0.1, 0.15) is 5.69 Å². The molecule has 7 nitrogen and oxygen atoms in total. The minimum absolute atomic E-state index is 0.122. The number of furan rings is 1. The number of hydrogen-bond acceptors (Lipinski definition) is 5. The smallest absolute Gasteiger partial charge is 0.315 e. The molecule has 7 heteroatoms. The number of amides is 1. The molecular formula is C18H17N3O4. The summed E-state index contributed by atoms with van der Waals surface area (Å²) in [5.41, 5.74) is 1.17. The van der Waals surface area contributed by atoms with Crippen LogP contribution in [0.3, 0.4) is 0 Å². The first-order valence-electron chi connectivity index (χ1n) is 7.98. The van der Waals surface area contributed by atoms with Crippen molar-refractivity contribution in [3.05, 3.63) is 58.5 Å². The predicted octanol–water partition coefficient (Wildman–Crippen LogP) is 3.89. The third-order valence-corrected chi connectivity index (χ3v) is 4.07. The lowest BCUT2D eigenvalue weighted by atomic mass is 10.0. The molecule has 1 aromatic carbocycles. The molecule has 0 fully saturated rings. The average molecular weight is 339 g/mol. The van der Waals surface area contributed by atoms with Crippen LogP contribution < -0.4 is 0 Å². The zero-order valence-corrected chi connectivity index (χ0v) is 13.9. The summed E-state index contributed by atoms with van der Waals surface area (Å²) in [6, 6.07) is 10.1. The summed E-state index contributed by atoms with van der Waals surface area (Å²) in [6.45, 7) is 4.89. The Kier molecular flexibility index (Phi) is 4.47. The van der Waals surface area contributed by atoms with E-state index in [9.17, 15) is 14.9 Å². The summed E-state index contributed by atoms with van der Waals surface area (Å²) >= 11 is 0. The molecule has 0 atom stereocenters. The lowest BCUT2D eigenvalue weighted by Crippen LogP contribution is -2.31. The fraction of sp³-hybridized carbons (Fsp3) is 0.222. The first-order chi connectivity index (χ1) is 12.1. The van der Waals surface area contributed by atoms with Crippen molar-refractivity contribution >= 4 is 22.5 Å². The molecule has 0 radical (unpaired) electrons. The van der Waals surface area contributed by atoms with E-state index in [0.29, 0.717) is 29.6 Å². The van der Waals surface area contributed by atoms with Crippen LogP contribution >= 0.6 is 0 Å². The van der Waals surface area contributed by atoms with Crippen molar-refractivity contribution in [2.45, 2.75) is 13.8 Å². The highest BCUT2D eigenvalue weighted by atomic mass is 16.6. The van der Waals surface area contributed by atoms with E-state index in [1.807, 2.05) is 19.9 Å². The van der Waals surface area contributed by atoms with Crippen LogP contribution in [0.2, 0.25) is 0 Å². The highest BCUT2D eigenvalue weighted by Crippen LogP contribution is 2.35. The number of carbonyl (C=O) groups is 1. The van der Waals surface area contributed by atoms with Gasteiger partial charge in [-0.25, -0.2) is 4.98 Å². The maximum atomic E-state index is 12.7. The van der Waals surface area contributed by atoms with Gasteiger partial charge in [0, 0.05) is 24.0 Å². The van der Waals surface area contributed by atoms with Gasteiger partial charge in [-0.1, -0.05) is 18.2 Å². The Morgan fingerprint density at radius 3 is 2.64 bits per heavy atom. The van der Waals surface area contributed by atoms with E-state index < -0.39 is 4.92 Å². The van der Waals surface area contributed by atoms with Crippen molar-refractivity contribution in [1.82, 2.24) is 9.88 Å². The number of rotatable bonds is 5. The van der Waals surface area contributed by atoms with Crippen LogP contribution in [0.1, 0.15) is 24.3 Å². The molecule has 0 saturated heterocycles. The Labute approximate surface area is 144 Å². The van der Waals surface area contributed by atoms with E-state index >= 15 is 0 Å². The van der Waals surface area contributed by atoms with Crippen molar-refractivity contribution in [3.8, 4) is 11.3 Å². The molecule has 0 saturated carbocycles. The van der Waals surface area contributed by atoms with Crippen LogP contribution in [0.15, 0.2) is 47.1 Å². The van der Waals surface area contributed by atoms with Crippen LogP contribution in [0.5, 0.6) is 0 Å². The van der Waals surface area contributed by atoms with Crippen molar-refractivity contribution in [1.29, 1.82) is 0 Å².